The summed E-state index contributed by atoms with van der Waals surface area (Å²) in [7, 11) is 0. The average molecular weight is 389 g/mol. The fourth-order valence-electron chi connectivity index (χ4n) is 2.04. The van der Waals surface area contributed by atoms with Gasteiger partial charge in [-0.25, -0.2) is 9.69 Å². The van der Waals surface area contributed by atoms with E-state index in [1.54, 1.807) is 27.7 Å². The molecule has 0 radical (unpaired) electrons. The first kappa shape index (κ1) is 26.9. The van der Waals surface area contributed by atoms with Crippen LogP contribution in [0.25, 0.3) is 0 Å². The Morgan fingerprint density at radius 1 is 0.963 bits per heavy atom. The van der Waals surface area contributed by atoms with Gasteiger partial charge in [-0.3, -0.25) is 24.9 Å². The molecule has 4 N–H and O–H groups in total. The lowest BCUT2D eigenvalue weighted by molar-refractivity contribution is -0.149. The quantitative estimate of drug-likeness (QED) is 0.502. The Hall–Kier alpha value is -2.29. The van der Waals surface area contributed by atoms with E-state index in [0.29, 0.717) is 5.56 Å². The minimum Gasteiger partial charge on any atom is -0.493 e. The van der Waals surface area contributed by atoms with Gasteiger partial charge >= 0.3 is 0 Å². The Labute approximate surface area is 161 Å². The van der Waals surface area contributed by atoms with Crippen LogP contribution >= 0.6 is 0 Å². The van der Waals surface area contributed by atoms with Gasteiger partial charge in [0.25, 0.3) is 17.4 Å². The molecule has 27 heavy (non-hydrogen) atoms. The van der Waals surface area contributed by atoms with Crippen LogP contribution in [0.4, 0.5) is 0 Å². The van der Waals surface area contributed by atoms with Crippen LogP contribution in [0.2, 0.25) is 0 Å². The number of rotatable bonds is 0. The van der Waals surface area contributed by atoms with Crippen molar-refractivity contribution < 1.29 is 19.8 Å². The third-order valence-electron chi connectivity index (χ3n) is 3.72. The third-order valence-corrected chi connectivity index (χ3v) is 3.72. The van der Waals surface area contributed by atoms with Crippen LogP contribution < -0.4 is 11.0 Å². The van der Waals surface area contributed by atoms with Crippen LogP contribution in [0.15, 0.2) is 4.79 Å². The van der Waals surface area contributed by atoms with E-state index in [-0.39, 0.29) is 31.8 Å². The van der Waals surface area contributed by atoms with E-state index < -0.39 is 23.0 Å². The summed E-state index contributed by atoms with van der Waals surface area (Å²) in [6, 6.07) is 0. The van der Waals surface area contributed by atoms with Crippen molar-refractivity contribution in [3.8, 4) is 5.88 Å². The summed E-state index contributed by atoms with van der Waals surface area (Å²) in [5, 5.41) is 22.7. The van der Waals surface area contributed by atoms with Crippen LogP contribution in [0, 0.1) is 6.92 Å². The van der Waals surface area contributed by atoms with Crippen molar-refractivity contribution in [2.24, 2.45) is 0 Å². The smallest absolute Gasteiger partial charge is 0.283 e. The molecule has 1 fully saturated rings. The van der Waals surface area contributed by atoms with E-state index in [0.717, 1.165) is 5.01 Å². The fourth-order valence-corrected chi connectivity index (χ4v) is 2.04. The molecule has 0 saturated carbocycles. The van der Waals surface area contributed by atoms with Crippen molar-refractivity contribution in [2.45, 2.75) is 86.9 Å². The second kappa shape index (κ2) is 8.16. The molecule has 9 heteroatoms. The van der Waals surface area contributed by atoms with Gasteiger partial charge in [0.15, 0.2) is 0 Å². The van der Waals surface area contributed by atoms with Crippen molar-refractivity contribution in [3.63, 3.8) is 0 Å². The summed E-state index contributed by atoms with van der Waals surface area (Å²) < 4.78 is 1.46. The lowest BCUT2D eigenvalue weighted by Crippen LogP contribution is -2.50. The number of hydrogen-bond acceptors (Lipinski definition) is 5. The maximum atomic E-state index is 11.5. The van der Waals surface area contributed by atoms with Crippen molar-refractivity contribution in [2.75, 3.05) is 0 Å². The molecule has 9 nitrogen and oxygen atoms in total. The second-order valence-electron chi connectivity index (χ2n) is 8.22. The number of hydrazine groups is 1. The van der Waals surface area contributed by atoms with E-state index in [1.165, 1.54) is 11.6 Å². The van der Waals surface area contributed by atoms with Crippen molar-refractivity contribution >= 4 is 11.8 Å². The van der Waals surface area contributed by atoms with Gasteiger partial charge in [-0.2, -0.15) is 0 Å². The summed E-state index contributed by atoms with van der Waals surface area (Å²) in [4.78, 5) is 33.7. The van der Waals surface area contributed by atoms with Gasteiger partial charge in [0.05, 0.1) is 16.6 Å². The number of hydrogen-bond donors (Lipinski definition) is 4. The van der Waals surface area contributed by atoms with Crippen LogP contribution in [-0.4, -0.2) is 48.0 Å². The van der Waals surface area contributed by atoms with Gasteiger partial charge in [0.1, 0.15) is 0 Å². The van der Waals surface area contributed by atoms with Crippen molar-refractivity contribution in [3.05, 3.63) is 15.9 Å². The van der Waals surface area contributed by atoms with Crippen molar-refractivity contribution in [1.29, 1.82) is 0 Å². The predicted molar refractivity (Wildman–Crippen MR) is 105 cm³/mol. The van der Waals surface area contributed by atoms with Crippen LogP contribution in [0.3, 0.4) is 0 Å². The van der Waals surface area contributed by atoms with Crippen LogP contribution in [0.1, 0.15) is 68.9 Å². The second-order valence-corrected chi connectivity index (χ2v) is 8.22. The molecular formula is C18H36N4O5. The predicted octanol–water partition coefficient (Wildman–Crippen LogP) is 1.63. The monoisotopic (exact) mass is 388 g/mol. The van der Waals surface area contributed by atoms with E-state index in [2.05, 4.69) is 10.5 Å². The van der Waals surface area contributed by atoms with Crippen molar-refractivity contribution in [1.82, 2.24) is 20.2 Å². The number of nitrogens with one attached hydrogen (secondary N) is 2. The molecule has 1 unspecified atom stereocenters. The van der Waals surface area contributed by atoms with E-state index in [9.17, 15) is 24.6 Å². The molecule has 0 bridgehead atoms. The largest absolute Gasteiger partial charge is 0.493 e. The Bertz CT molecular complexity index is 732. The number of carbonyl (C=O) groups is 2. The first-order valence-corrected chi connectivity index (χ1v) is 7.90. The Morgan fingerprint density at radius 2 is 1.41 bits per heavy atom. The van der Waals surface area contributed by atoms with Gasteiger partial charge in [0.2, 0.25) is 11.5 Å². The van der Waals surface area contributed by atoms with Gasteiger partial charge in [-0.1, -0.05) is 14.9 Å². The summed E-state index contributed by atoms with van der Waals surface area (Å²) in [5.41, 5.74) is -0.278. The highest BCUT2D eigenvalue weighted by atomic mass is 16.3. The van der Waals surface area contributed by atoms with Crippen LogP contribution in [-0.2, 0) is 15.1 Å². The van der Waals surface area contributed by atoms with E-state index >= 15 is 0 Å². The summed E-state index contributed by atoms with van der Waals surface area (Å²) in [5.74, 6) is -1.26. The first-order chi connectivity index (χ1) is 11.0. The number of nitrogens with zero attached hydrogens (tertiary/aromatic N) is 2. The fraction of sp³-hybridized carbons (Fsp3) is 0.722. The lowest BCUT2D eigenvalue weighted by Gasteiger charge is -2.30. The zero-order valence-electron chi connectivity index (χ0n) is 16.0. The zero-order chi connectivity index (χ0) is 20.0. The number of aliphatic hydroxyl groups is 1. The molecule has 2 heterocycles. The highest BCUT2D eigenvalue weighted by Crippen LogP contribution is 2.22. The highest BCUT2D eigenvalue weighted by Gasteiger charge is 2.52. The van der Waals surface area contributed by atoms with Gasteiger partial charge in [0, 0.05) is 0 Å². The molecule has 0 aliphatic carbocycles. The summed E-state index contributed by atoms with van der Waals surface area (Å²) in [6.07, 6.45) is 0. The number of carbonyl (C=O) groups excluding carboxylic acids is 2. The minimum absolute atomic E-state index is 0. The van der Waals surface area contributed by atoms with Crippen LogP contribution in [0.5, 0.6) is 5.88 Å². The van der Waals surface area contributed by atoms with E-state index in [1.807, 2.05) is 20.8 Å². The number of H-pyrrole nitrogens is 1. The number of amides is 2. The van der Waals surface area contributed by atoms with Gasteiger partial charge < -0.3 is 10.2 Å². The minimum atomic E-state index is -1.92. The molecule has 0 aromatic carbocycles. The topological polar surface area (TPSA) is 128 Å². The van der Waals surface area contributed by atoms with E-state index in [4.69, 9.17) is 0 Å². The Kier molecular flexibility index (Phi) is 8.14. The SMILES string of the molecule is C.C.CC1(O)C(=O)NN(C(C)(C)C)C1=O.Cc1c(O)n(C(C)(C)C)[nH]c1=O. The Morgan fingerprint density at radius 3 is 1.56 bits per heavy atom. The average Bonchev–Trinajstić information content (AvgIpc) is 2.81. The molecule has 0 spiro atoms. The summed E-state index contributed by atoms with van der Waals surface area (Å²) >= 11 is 0. The molecule has 1 aromatic rings. The molecule has 158 valence electrons. The molecule has 1 aliphatic rings. The first-order valence-electron chi connectivity index (χ1n) is 7.90. The lowest BCUT2D eigenvalue weighted by atomic mass is 10.0. The number of aromatic amines is 1. The molecule has 1 saturated heterocycles. The maximum absolute atomic E-state index is 11.5. The van der Waals surface area contributed by atoms with Gasteiger partial charge in [-0.05, 0) is 55.4 Å². The standard InChI is InChI=1S/C8H14N2O3.C8H14N2O2.2CH4/c1-7(2,3)10-6(12)8(4,13)5(11)9-10;1-5-6(11)9-10(7(5)12)8(2,3)4;;/h13H,1-4H3,(H,9,11);12H,1-4H3,(H,9,11);2*1H4. The number of aromatic nitrogens is 2. The molecule has 1 aliphatic heterocycles. The van der Waals surface area contributed by atoms with Gasteiger partial charge in [-0.15, -0.1) is 0 Å². The third kappa shape index (κ3) is 5.35. The molecule has 2 rings (SSSR count). The molecule has 1 aromatic heterocycles. The molecule has 1 atom stereocenters. The summed E-state index contributed by atoms with van der Waals surface area (Å²) in [6.45, 7) is 13.8. The number of aromatic hydroxyl groups is 1. The normalized spacial score (nSPS) is 19.5. The maximum Gasteiger partial charge on any atom is 0.283 e. The zero-order valence-corrected chi connectivity index (χ0v) is 16.0. The highest BCUT2D eigenvalue weighted by molar-refractivity contribution is 6.12. The molecule has 2 amide bonds. The molecular weight excluding hydrogens is 352 g/mol. The Balaban J connectivity index is 0.